The average molecular weight is 256 g/mol. The van der Waals surface area contributed by atoms with Crippen LogP contribution < -0.4 is 4.74 Å². The summed E-state index contributed by atoms with van der Waals surface area (Å²) >= 11 is 0. The minimum Gasteiger partial charge on any atom is -0.488 e. The molecule has 1 unspecified atom stereocenters. The number of halogens is 1. The molecular weight excluding hydrogens is 239 g/mol. The van der Waals surface area contributed by atoms with Gasteiger partial charge in [0.25, 0.3) is 0 Å². The zero-order chi connectivity index (χ0) is 13.4. The summed E-state index contributed by atoms with van der Waals surface area (Å²) in [5, 5.41) is 0. The van der Waals surface area contributed by atoms with E-state index in [1.165, 1.54) is 23.3 Å². The van der Waals surface area contributed by atoms with Crippen molar-refractivity contribution in [2.24, 2.45) is 5.92 Å². The zero-order valence-corrected chi connectivity index (χ0v) is 11.2. The van der Waals surface area contributed by atoms with Crippen LogP contribution in [0.4, 0.5) is 4.39 Å². The van der Waals surface area contributed by atoms with Crippen molar-refractivity contribution >= 4 is 0 Å². The molecule has 2 heteroatoms. The van der Waals surface area contributed by atoms with Crippen LogP contribution in [0.3, 0.4) is 0 Å². The van der Waals surface area contributed by atoms with Crippen molar-refractivity contribution in [3.8, 4) is 5.75 Å². The normalized spacial score (nSPS) is 17.4. The number of fused-ring (bicyclic) bond motifs is 2. The largest absolute Gasteiger partial charge is 0.488 e. The summed E-state index contributed by atoms with van der Waals surface area (Å²) in [6.07, 6.45) is 0. The highest BCUT2D eigenvalue weighted by Gasteiger charge is 2.27. The van der Waals surface area contributed by atoms with E-state index in [0.717, 1.165) is 5.56 Å². The Balaban J connectivity index is 2.21. The van der Waals surface area contributed by atoms with Gasteiger partial charge in [-0.2, -0.15) is 0 Å². The predicted octanol–water partition coefficient (Wildman–Crippen LogP) is 4.51. The quantitative estimate of drug-likeness (QED) is 0.729. The molecule has 1 aliphatic heterocycles. The molecule has 98 valence electrons. The van der Waals surface area contributed by atoms with Crippen molar-refractivity contribution in [2.75, 3.05) is 0 Å². The first kappa shape index (κ1) is 12.2. The van der Waals surface area contributed by atoms with Crippen LogP contribution in [0.25, 0.3) is 0 Å². The van der Waals surface area contributed by atoms with Crippen molar-refractivity contribution in [2.45, 2.75) is 26.4 Å². The maximum Gasteiger partial charge on any atom is 0.126 e. The van der Waals surface area contributed by atoms with E-state index in [-0.39, 0.29) is 11.7 Å². The minimum absolute atomic E-state index is 0.243. The standard InChI is InChI=1S/C17H17FO/c1-11(2)17-14-6-4-3-5-12(14)10-19-16-9-13(18)7-8-15(16)17/h3-9,11,17H,10H2,1-2H3. The van der Waals surface area contributed by atoms with E-state index in [0.29, 0.717) is 18.3 Å². The molecule has 3 rings (SSSR count). The fourth-order valence-electron chi connectivity index (χ4n) is 2.90. The Morgan fingerprint density at radius 3 is 2.68 bits per heavy atom. The fourth-order valence-corrected chi connectivity index (χ4v) is 2.90. The van der Waals surface area contributed by atoms with Crippen molar-refractivity contribution in [3.63, 3.8) is 0 Å². The van der Waals surface area contributed by atoms with Gasteiger partial charge in [0.05, 0.1) is 0 Å². The smallest absolute Gasteiger partial charge is 0.126 e. The van der Waals surface area contributed by atoms with E-state index in [4.69, 9.17) is 4.74 Å². The Bertz CT molecular complexity index is 604. The maximum absolute atomic E-state index is 13.4. The predicted molar refractivity (Wildman–Crippen MR) is 73.9 cm³/mol. The van der Waals surface area contributed by atoms with Crippen molar-refractivity contribution in [1.29, 1.82) is 0 Å². The average Bonchev–Trinajstić information content (AvgIpc) is 2.55. The Hall–Kier alpha value is -1.83. The molecule has 1 aliphatic rings. The highest BCUT2D eigenvalue weighted by molar-refractivity contribution is 5.47. The molecule has 1 nitrogen and oxygen atoms in total. The second-order valence-corrected chi connectivity index (χ2v) is 5.39. The van der Waals surface area contributed by atoms with Gasteiger partial charge in [-0.25, -0.2) is 4.39 Å². The topological polar surface area (TPSA) is 9.23 Å². The summed E-state index contributed by atoms with van der Waals surface area (Å²) in [6.45, 7) is 4.90. The molecule has 0 radical (unpaired) electrons. The van der Waals surface area contributed by atoms with Gasteiger partial charge in [-0.15, -0.1) is 0 Å². The van der Waals surface area contributed by atoms with Gasteiger partial charge < -0.3 is 4.74 Å². The summed E-state index contributed by atoms with van der Waals surface area (Å²) in [5.41, 5.74) is 3.57. The molecule has 2 aromatic carbocycles. The van der Waals surface area contributed by atoms with Crippen LogP contribution in [0.15, 0.2) is 42.5 Å². The van der Waals surface area contributed by atoms with E-state index in [2.05, 4.69) is 32.0 Å². The first-order valence-electron chi connectivity index (χ1n) is 6.67. The first-order valence-corrected chi connectivity index (χ1v) is 6.67. The minimum atomic E-state index is -0.243. The monoisotopic (exact) mass is 256 g/mol. The van der Waals surface area contributed by atoms with Crippen molar-refractivity contribution in [1.82, 2.24) is 0 Å². The highest BCUT2D eigenvalue weighted by atomic mass is 19.1. The maximum atomic E-state index is 13.4. The van der Waals surface area contributed by atoms with Crippen LogP contribution in [0.5, 0.6) is 5.75 Å². The fraction of sp³-hybridized carbons (Fsp3) is 0.294. The second kappa shape index (κ2) is 4.69. The zero-order valence-electron chi connectivity index (χ0n) is 11.2. The van der Waals surface area contributed by atoms with E-state index >= 15 is 0 Å². The SMILES string of the molecule is CC(C)C1c2ccccc2COc2cc(F)ccc21. The third kappa shape index (κ3) is 2.12. The van der Waals surface area contributed by atoms with Crippen LogP contribution in [-0.2, 0) is 6.61 Å². The van der Waals surface area contributed by atoms with Crippen LogP contribution in [-0.4, -0.2) is 0 Å². The van der Waals surface area contributed by atoms with Crippen LogP contribution >= 0.6 is 0 Å². The molecule has 19 heavy (non-hydrogen) atoms. The number of benzene rings is 2. The number of rotatable bonds is 1. The Morgan fingerprint density at radius 1 is 1.11 bits per heavy atom. The van der Waals surface area contributed by atoms with E-state index in [9.17, 15) is 4.39 Å². The van der Waals surface area contributed by atoms with E-state index in [1.54, 1.807) is 0 Å². The Kier molecular flexibility index (Phi) is 3.02. The summed E-state index contributed by atoms with van der Waals surface area (Å²) in [5.74, 6) is 1.13. The Morgan fingerprint density at radius 2 is 1.89 bits per heavy atom. The van der Waals surface area contributed by atoms with E-state index in [1.807, 2.05) is 12.1 Å². The molecule has 0 spiro atoms. The van der Waals surface area contributed by atoms with E-state index < -0.39 is 0 Å². The van der Waals surface area contributed by atoms with Crippen LogP contribution in [0, 0.1) is 11.7 Å². The van der Waals surface area contributed by atoms with Gasteiger partial charge in [0.15, 0.2) is 0 Å². The lowest BCUT2D eigenvalue weighted by Gasteiger charge is -2.22. The number of ether oxygens (including phenoxy) is 1. The molecule has 0 aliphatic carbocycles. The lowest BCUT2D eigenvalue weighted by Crippen LogP contribution is -2.09. The van der Waals surface area contributed by atoms with Gasteiger partial charge in [-0.1, -0.05) is 44.2 Å². The molecule has 0 amide bonds. The molecule has 1 heterocycles. The molecule has 0 fully saturated rings. The Labute approximate surface area is 113 Å². The van der Waals surface area contributed by atoms with Gasteiger partial charge >= 0.3 is 0 Å². The molecule has 1 atom stereocenters. The van der Waals surface area contributed by atoms with Gasteiger partial charge in [-0.3, -0.25) is 0 Å². The number of hydrogen-bond donors (Lipinski definition) is 0. The lowest BCUT2D eigenvalue weighted by atomic mass is 9.81. The highest BCUT2D eigenvalue weighted by Crippen LogP contribution is 2.41. The third-order valence-electron chi connectivity index (χ3n) is 3.75. The third-order valence-corrected chi connectivity index (χ3v) is 3.75. The van der Waals surface area contributed by atoms with Gasteiger partial charge in [-0.05, 0) is 23.1 Å². The molecule has 0 N–H and O–H groups in total. The van der Waals surface area contributed by atoms with Gasteiger partial charge in [0.1, 0.15) is 18.2 Å². The molecule has 0 aromatic heterocycles. The van der Waals surface area contributed by atoms with Gasteiger partial charge in [0, 0.05) is 17.5 Å². The van der Waals surface area contributed by atoms with Gasteiger partial charge in [0.2, 0.25) is 0 Å². The summed E-state index contributed by atoms with van der Waals surface area (Å²) < 4.78 is 19.2. The number of hydrogen-bond acceptors (Lipinski definition) is 1. The molecule has 2 aromatic rings. The van der Waals surface area contributed by atoms with Crippen LogP contribution in [0.1, 0.15) is 36.5 Å². The van der Waals surface area contributed by atoms with Crippen molar-refractivity contribution < 1.29 is 9.13 Å². The lowest BCUT2D eigenvalue weighted by molar-refractivity contribution is 0.304. The first-order chi connectivity index (χ1) is 9.16. The summed E-state index contributed by atoms with van der Waals surface area (Å²) in [7, 11) is 0. The van der Waals surface area contributed by atoms with Crippen LogP contribution in [0.2, 0.25) is 0 Å². The summed E-state index contributed by atoms with van der Waals surface area (Å²) in [4.78, 5) is 0. The van der Waals surface area contributed by atoms with Crippen molar-refractivity contribution in [3.05, 3.63) is 65.0 Å². The molecule has 0 saturated carbocycles. The second-order valence-electron chi connectivity index (χ2n) is 5.39. The summed E-state index contributed by atoms with van der Waals surface area (Å²) in [6, 6.07) is 13.2. The molecule has 0 bridgehead atoms. The molecule has 0 saturated heterocycles. The molecular formula is C17H17FO.